The van der Waals surface area contributed by atoms with Crippen LogP contribution in [0.5, 0.6) is 5.75 Å². The largest absolute Gasteiger partial charge is 0.389 e. The number of rotatable bonds is 3. The molecule has 0 atom stereocenters. The molecule has 0 saturated heterocycles. The molecule has 12 heavy (non-hydrogen) atoms. The highest BCUT2D eigenvalue weighted by Gasteiger charge is 1.91. The van der Waals surface area contributed by atoms with Crippen LogP contribution in [0.25, 0.3) is 0 Å². The second-order valence-corrected chi connectivity index (χ2v) is 2.01. The van der Waals surface area contributed by atoms with E-state index in [1.54, 1.807) is 24.3 Å². The summed E-state index contributed by atoms with van der Waals surface area (Å²) in [7, 11) is 0. The molecule has 2 amide bonds. The lowest BCUT2D eigenvalue weighted by molar-refractivity contribution is 0.154. The molecular weight excluding hydrogens is 158 g/mol. The van der Waals surface area contributed by atoms with Crippen molar-refractivity contribution in [2.75, 3.05) is 0 Å². The van der Waals surface area contributed by atoms with Gasteiger partial charge in [-0.05, 0) is 12.1 Å². The second-order valence-electron chi connectivity index (χ2n) is 2.01. The van der Waals surface area contributed by atoms with E-state index in [2.05, 4.69) is 11.0 Å². The van der Waals surface area contributed by atoms with Gasteiger partial charge in [0.1, 0.15) is 5.75 Å². The average Bonchev–Trinajstić information content (AvgIpc) is 2.05. The zero-order valence-corrected chi connectivity index (χ0v) is 6.28. The molecule has 1 rings (SSSR count). The Hall–Kier alpha value is -1.75. The summed E-state index contributed by atoms with van der Waals surface area (Å²) in [6.45, 7) is 0. The Morgan fingerprint density at radius 2 is 2.00 bits per heavy atom. The fraction of sp³-hybridized carbons (Fsp3) is 0. The van der Waals surface area contributed by atoms with Gasteiger partial charge in [0, 0.05) is 0 Å². The maximum Gasteiger partial charge on any atom is 0.329 e. The lowest BCUT2D eigenvalue weighted by Gasteiger charge is -2.05. The standard InChI is InChI=1S/C7H9N3O2/c8-7(11)9-10-12-6-4-2-1-3-5-6/h1-5,10H,(H3,8,9,11). The number of amides is 2. The van der Waals surface area contributed by atoms with Crippen molar-refractivity contribution in [3.05, 3.63) is 30.3 Å². The van der Waals surface area contributed by atoms with Crippen molar-refractivity contribution in [3.8, 4) is 5.75 Å². The number of para-hydroxylation sites is 1. The van der Waals surface area contributed by atoms with Gasteiger partial charge in [-0.15, -0.1) is 0 Å². The molecule has 0 fully saturated rings. The summed E-state index contributed by atoms with van der Waals surface area (Å²) in [5, 5.41) is 0. The summed E-state index contributed by atoms with van der Waals surface area (Å²) < 4.78 is 0. The molecule has 0 aromatic heterocycles. The number of hydrazine groups is 1. The normalized spacial score (nSPS) is 9.00. The van der Waals surface area contributed by atoms with Crippen molar-refractivity contribution in [2.24, 2.45) is 5.73 Å². The Balaban J connectivity index is 2.29. The summed E-state index contributed by atoms with van der Waals surface area (Å²) >= 11 is 0. The van der Waals surface area contributed by atoms with Crippen LogP contribution in [0.4, 0.5) is 4.79 Å². The van der Waals surface area contributed by atoms with E-state index in [1.807, 2.05) is 6.07 Å². The third kappa shape index (κ3) is 2.89. The molecular formula is C7H9N3O2. The smallest absolute Gasteiger partial charge is 0.329 e. The molecule has 0 spiro atoms. The highest BCUT2D eigenvalue weighted by Crippen LogP contribution is 2.05. The lowest BCUT2D eigenvalue weighted by atomic mass is 10.3. The van der Waals surface area contributed by atoms with Gasteiger partial charge in [-0.1, -0.05) is 23.8 Å². The van der Waals surface area contributed by atoms with E-state index in [4.69, 9.17) is 10.6 Å². The Labute approximate surface area is 69.4 Å². The van der Waals surface area contributed by atoms with Crippen LogP contribution in [0, 0.1) is 0 Å². The first-order valence-electron chi connectivity index (χ1n) is 3.31. The Morgan fingerprint density at radius 3 is 2.58 bits per heavy atom. The van der Waals surface area contributed by atoms with Crippen LogP contribution < -0.4 is 21.6 Å². The second kappa shape index (κ2) is 4.20. The molecule has 0 aliphatic rings. The first kappa shape index (κ1) is 8.35. The monoisotopic (exact) mass is 167 g/mol. The van der Waals surface area contributed by atoms with E-state index in [9.17, 15) is 4.79 Å². The number of nitrogens with one attached hydrogen (secondary N) is 2. The zero-order chi connectivity index (χ0) is 8.81. The number of primary amides is 1. The number of carbonyl (C=O) groups is 1. The van der Waals surface area contributed by atoms with Gasteiger partial charge in [-0.2, -0.15) is 0 Å². The topological polar surface area (TPSA) is 76.4 Å². The van der Waals surface area contributed by atoms with Gasteiger partial charge in [0.05, 0.1) is 0 Å². The maximum absolute atomic E-state index is 10.2. The third-order valence-corrected chi connectivity index (χ3v) is 1.09. The molecule has 0 aliphatic carbocycles. The minimum Gasteiger partial charge on any atom is -0.389 e. The molecule has 64 valence electrons. The van der Waals surface area contributed by atoms with Crippen LogP contribution in [-0.2, 0) is 0 Å². The molecule has 5 nitrogen and oxygen atoms in total. The Kier molecular flexibility index (Phi) is 2.92. The van der Waals surface area contributed by atoms with Gasteiger partial charge in [0.2, 0.25) is 0 Å². The van der Waals surface area contributed by atoms with Gasteiger partial charge in [0.15, 0.2) is 0 Å². The van der Waals surface area contributed by atoms with Crippen LogP contribution >= 0.6 is 0 Å². The average molecular weight is 167 g/mol. The highest BCUT2D eigenvalue weighted by atomic mass is 16.7. The number of benzene rings is 1. The van der Waals surface area contributed by atoms with Crippen molar-refractivity contribution < 1.29 is 9.63 Å². The van der Waals surface area contributed by atoms with Crippen molar-refractivity contribution in [2.45, 2.75) is 0 Å². The van der Waals surface area contributed by atoms with Crippen LogP contribution in [0.3, 0.4) is 0 Å². The highest BCUT2D eigenvalue weighted by molar-refractivity contribution is 5.70. The van der Waals surface area contributed by atoms with Gasteiger partial charge in [0.25, 0.3) is 0 Å². The van der Waals surface area contributed by atoms with E-state index in [0.29, 0.717) is 5.75 Å². The number of hydrogen-bond donors (Lipinski definition) is 3. The van der Waals surface area contributed by atoms with Crippen LogP contribution in [0.1, 0.15) is 0 Å². The minimum absolute atomic E-state index is 0.589. The molecule has 0 aliphatic heterocycles. The fourth-order valence-corrected chi connectivity index (χ4v) is 0.623. The molecule has 0 saturated carbocycles. The third-order valence-electron chi connectivity index (χ3n) is 1.09. The van der Waals surface area contributed by atoms with Crippen LogP contribution in [0.2, 0.25) is 0 Å². The first-order valence-corrected chi connectivity index (χ1v) is 3.31. The van der Waals surface area contributed by atoms with Crippen LogP contribution in [-0.4, -0.2) is 6.03 Å². The summed E-state index contributed by atoms with van der Waals surface area (Å²) in [6.07, 6.45) is 0. The molecule has 4 N–H and O–H groups in total. The van der Waals surface area contributed by atoms with E-state index in [0.717, 1.165) is 0 Å². The van der Waals surface area contributed by atoms with Crippen molar-refractivity contribution in [1.82, 2.24) is 11.0 Å². The molecule has 0 unspecified atom stereocenters. The SMILES string of the molecule is NC(=O)NNOc1ccccc1. The number of hydrogen-bond acceptors (Lipinski definition) is 3. The molecule has 0 bridgehead atoms. The van der Waals surface area contributed by atoms with E-state index >= 15 is 0 Å². The fourth-order valence-electron chi connectivity index (χ4n) is 0.623. The molecule has 1 aromatic rings. The summed E-state index contributed by atoms with van der Waals surface area (Å²) in [6, 6.07) is 8.23. The van der Waals surface area contributed by atoms with E-state index in [1.165, 1.54) is 0 Å². The summed E-state index contributed by atoms with van der Waals surface area (Å²) in [4.78, 5) is 15.0. The first-order chi connectivity index (χ1) is 5.79. The Morgan fingerprint density at radius 1 is 1.33 bits per heavy atom. The van der Waals surface area contributed by atoms with E-state index in [-0.39, 0.29) is 0 Å². The zero-order valence-electron chi connectivity index (χ0n) is 6.28. The minimum atomic E-state index is -0.703. The van der Waals surface area contributed by atoms with Crippen molar-refractivity contribution in [3.63, 3.8) is 0 Å². The number of urea groups is 1. The van der Waals surface area contributed by atoms with Gasteiger partial charge in [-0.3, -0.25) is 0 Å². The Bertz CT molecular complexity index is 250. The van der Waals surface area contributed by atoms with E-state index < -0.39 is 6.03 Å². The molecule has 1 aromatic carbocycles. The summed E-state index contributed by atoms with van der Waals surface area (Å²) in [5.74, 6) is 0.589. The van der Waals surface area contributed by atoms with Crippen molar-refractivity contribution in [1.29, 1.82) is 0 Å². The maximum atomic E-state index is 10.2. The lowest BCUT2D eigenvalue weighted by Crippen LogP contribution is -2.42. The van der Waals surface area contributed by atoms with Gasteiger partial charge >= 0.3 is 6.03 Å². The molecule has 0 radical (unpaired) electrons. The van der Waals surface area contributed by atoms with Crippen molar-refractivity contribution >= 4 is 6.03 Å². The van der Waals surface area contributed by atoms with Crippen LogP contribution in [0.15, 0.2) is 30.3 Å². The van der Waals surface area contributed by atoms with Gasteiger partial charge in [-0.25, -0.2) is 10.2 Å². The summed E-state index contributed by atoms with van der Waals surface area (Å²) in [5.41, 5.74) is 9.00. The predicted octanol–water partition coefficient (Wildman–Crippen LogP) is 0.153. The quantitative estimate of drug-likeness (QED) is 0.561. The molecule has 0 heterocycles. The predicted molar refractivity (Wildman–Crippen MR) is 42.9 cm³/mol. The number of nitrogens with two attached hydrogens (primary N) is 1. The number of carbonyl (C=O) groups excluding carboxylic acids is 1. The molecule has 5 heteroatoms. The van der Waals surface area contributed by atoms with Gasteiger partial charge < -0.3 is 10.6 Å².